The first-order valence-electron chi connectivity index (χ1n) is 6.62. The molecule has 0 aromatic heterocycles. The SMILES string of the molecule is CCC(CC#N)NCC1CCN(CC)CC1. The van der Waals surface area contributed by atoms with Gasteiger partial charge in [-0.3, -0.25) is 0 Å². The zero-order chi connectivity index (χ0) is 11.8. The van der Waals surface area contributed by atoms with Crippen LogP contribution in [0.4, 0.5) is 0 Å². The van der Waals surface area contributed by atoms with Crippen molar-refractivity contribution in [3.8, 4) is 6.07 Å². The minimum atomic E-state index is 0.397. The minimum Gasteiger partial charge on any atom is -0.313 e. The Morgan fingerprint density at radius 3 is 2.56 bits per heavy atom. The van der Waals surface area contributed by atoms with E-state index >= 15 is 0 Å². The Kier molecular flexibility index (Phi) is 6.44. The Labute approximate surface area is 99.8 Å². The number of nitrogens with zero attached hydrogens (tertiary/aromatic N) is 2. The molecule has 1 saturated heterocycles. The lowest BCUT2D eigenvalue weighted by atomic mass is 9.96. The smallest absolute Gasteiger partial charge is 0.0638 e. The maximum Gasteiger partial charge on any atom is 0.0638 e. The van der Waals surface area contributed by atoms with Crippen LogP contribution in [0.15, 0.2) is 0 Å². The second kappa shape index (κ2) is 7.65. The predicted octanol–water partition coefficient (Wildman–Crippen LogP) is 2.00. The third-order valence-electron chi connectivity index (χ3n) is 3.68. The molecule has 0 aromatic rings. The molecule has 0 aromatic carbocycles. The fourth-order valence-electron chi connectivity index (χ4n) is 2.31. The van der Waals surface area contributed by atoms with Crippen LogP contribution in [0, 0.1) is 17.2 Å². The summed E-state index contributed by atoms with van der Waals surface area (Å²) >= 11 is 0. The summed E-state index contributed by atoms with van der Waals surface area (Å²) in [7, 11) is 0. The highest BCUT2D eigenvalue weighted by atomic mass is 15.1. The molecular weight excluding hydrogens is 198 g/mol. The van der Waals surface area contributed by atoms with Crippen molar-refractivity contribution in [2.75, 3.05) is 26.2 Å². The Bertz CT molecular complexity index is 214. The van der Waals surface area contributed by atoms with E-state index in [0.717, 1.165) is 18.9 Å². The van der Waals surface area contributed by atoms with Gasteiger partial charge in [0, 0.05) is 6.04 Å². The first-order valence-corrected chi connectivity index (χ1v) is 6.62. The molecule has 1 aliphatic rings. The van der Waals surface area contributed by atoms with Crippen molar-refractivity contribution in [2.45, 2.75) is 45.6 Å². The van der Waals surface area contributed by atoms with E-state index in [9.17, 15) is 0 Å². The third-order valence-corrected chi connectivity index (χ3v) is 3.68. The highest BCUT2D eigenvalue weighted by Gasteiger charge is 2.18. The lowest BCUT2D eigenvalue weighted by Crippen LogP contribution is -2.39. The van der Waals surface area contributed by atoms with E-state index in [4.69, 9.17) is 5.26 Å². The van der Waals surface area contributed by atoms with Crippen molar-refractivity contribution in [1.29, 1.82) is 5.26 Å². The first-order chi connectivity index (χ1) is 7.80. The molecular formula is C13H25N3. The first kappa shape index (κ1) is 13.5. The summed E-state index contributed by atoms with van der Waals surface area (Å²) in [5, 5.41) is 12.2. The highest BCUT2D eigenvalue weighted by molar-refractivity contribution is 4.81. The van der Waals surface area contributed by atoms with Gasteiger partial charge in [0.2, 0.25) is 0 Å². The molecule has 1 heterocycles. The Morgan fingerprint density at radius 1 is 1.38 bits per heavy atom. The predicted molar refractivity (Wildman–Crippen MR) is 67.1 cm³/mol. The van der Waals surface area contributed by atoms with Crippen molar-refractivity contribution in [2.24, 2.45) is 5.92 Å². The summed E-state index contributed by atoms with van der Waals surface area (Å²) in [5.41, 5.74) is 0. The van der Waals surface area contributed by atoms with Crippen LogP contribution in [-0.4, -0.2) is 37.1 Å². The molecule has 1 N–H and O–H groups in total. The average molecular weight is 223 g/mol. The summed E-state index contributed by atoms with van der Waals surface area (Å²) in [6, 6.07) is 2.65. The molecule has 0 spiro atoms. The van der Waals surface area contributed by atoms with Crippen molar-refractivity contribution < 1.29 is 0 Å². The molecule has 1 aliphatic heterocycles. The number of rotatable bonds is 6. The minimum absolute atomic E-state index is 0.397. The molecule has 16 heavy (non-hydrogen) atoms. The lowest BCUT2D eigenvalue weighted by Gasteiger charge is -2.31. The maximum atomic E-state index is 8.67. The molecule has 1 atom stereocenters. The maximum absolute atomic E-state index is 8.67. The van der Waals surface area contributed by atoms with E-state index in [0.29, 0.717) is 12.5 Å². The van der Waals surface area contributed by atoms with Gasteiger partial charge in [-0.05, 0) is 51.4 Å². The standard InChI is InChI=1S/C13H25N3/c1-3-13(5-8-14)15-11-12-6-9-16(4-2)10-7-12/h12-13,15H,3-7,9-11H2,1-2H3. The van der Waals surface area contributed by atoms with Crippen LogP contribution in [0.25, 0.3) is 0 Å². The summed E-state index contributed by atoms with van der Waals surface area (Å²) < 4.78 is 0. The zero-order valence-corrected chi connectivity index (χ0v) is 10.7. The number of nitrogens with one attached hydrogen (secondary N) is 1. The van der Waals surface area contributed by atoms with Crippen LogP contribution in [0.5, 0.6) is 0 Å². The van der Waals surface area contributed by atoms with Gasteiger partial charge in [0.15, 0.2) is 0 Å². The summed E-state index contributed by atoms with van der Waals surface area (Å²) in [4.78, 5) is 2.52. The summed E-state index contributed by atoms with van der Waals surface area (Å²) in [5.74, 6) is 0.815. The van der Waals surface area contributed by atoms with E-state index in [1.165, 1.54) is 32.5 Å². The van der Waals surface area contributed by atoms with E-state index in [2.05, 4.69) is 30.1 Å². The highest BCUT2D eigenvalue weighted by Crippen LogP contribution is 2.16. The van der Waals surface area contributed by atoms with E-state index < -0.39 is 0 Å². The number of likely N-dealkylation sites (tertiary alicyclic amines) is 1. The third kappa shape index (κ3) is 4.51. The largest absolute Gasteiger partial charge is 0.313 e. The molecule has 0 bridgehead atoms. The number of piperidine rings is 1. The summed E-state index contributed by atoms with van der Waals surface area (Å²) in [6.07, 6.45) is 4.32. The molecule has 1 fully saturated rings. The second-order valence-electron chi connectivity index (χ2n) is 4.75. The van der Waals surface area contributed by atoms with Crippen LogP contribution in [0.1, 0.15) is 39.5 Å². The molecule has 0 saturated carbocycles. The lowest BCUT2D eigenvalue weighted by molar-refractivity contribution is 0.187. The van der Waals surface area contributed by atoms with Gasteiger partial charge >= 0.3 is 0 Å². The Balaban J connectivity index is 2.16. The van der Waals surface area contributed by atoms with Crippen LogP contribution in [0.2, 0.25) is 0 Å². The van der Waals surface area contributed by atoms with Gasteiger partial charge in [0.25, 0.3) is 0 Å². The fraction of sp³-hybridized carbons (Fsp3) is 0.923. The van der Waals surface area contributed by atoms with Crippen molar-refractivity contribution >= 4 is 0 Å². The molecule has 0 radical (unpaired) electrons. The van der Waals surface area contributed by atoms with Crippen LogP contribution in [-0.2, 0) is 0 Å². The molecule has 1 rings (SSSR count). The fourth-order valence-corrected chi connectivity index (χ4v) is 2.31. The van der Waals surface area contributed by atoms with Gasteiger partial charge in [-0.15, -0.1) is 0 Å². The Morgan fingerprint density at radius 2 is 2.06 bits per heavy atom. The van der Waals surface area contributed by atoms with Gasteiger partial charge in [0.1, 0.15) is 0 Å². The van der Waals surface area contributed by atoms with Gasteiger partial charge < -0.3 is 10.2 Å². The zero-order valence-electron chi connectivity index (χ0n) is 10.7. The molecule has 0 aliphatic carbocycles. The topological polar surface area (TPSA) is 39.1 Å². The Hall–Kier alpha value is -0.590. The van der Waals surface area contributed by atoms with E-state index in [-0.39, 0.29) is 0 Å². The molecule has 0 amide bonds. The molecule has 92 valence electrons. The van der Waals surface area contributed by atoms with E-state index in [1.807, 2.05) is 0 Å². The number of nitriles is 1. The number of hydrogen-bond acceptors (Lipinski definition) is 3. The molecule has 3 nitrogen and oxygen atoms in total. The number of hydrogen-bond donors (Lipinski definition) is 1. The van der Waals surface area contributed by atoms with Gasteiger partial charge in [0.05, 0.1) is 12.5 Å². The quantitative estimate of drug-likeness (QED) is 0.748. The molecule has 1 unspecified atom stereocenters. The van der Waals surface area contributed by atoms with Gasteiger partial charge in [-0.1, -0.05) is 13.8 Å². The van der Waals surface area contributed by atoms with Gasteiger partial charge in [-0.25, -0.2) is 0 Å². The van der Waals surface area contributed by atoms with Crippen molar-refractivity contribution in [1.82, 2.24) is 10.2 Å². The van der Waals surface area contributed by atoms with Crippen molar-refractivity contribution in [3.63, 3.8) is 0 Å². The summed E-state index contributed by atoms with van der Waals surface area (Å²) in [6.45, 7) is 9.16. The average Bonchev–Trinajstić information content (AvgIpc) is 2.35. The second-order valence-corrected chi connectivity index (χ2v) is 4.75. The van der Waals surface area contributed by atoms with Crippen molar-refractivity contribution in [3.05, 3.63) is 0 Å². The van der Waals surface area contributed by atoms with E-state index in [1.54, 1.807) is 0 Å². The van der Waals surface area contributed by atoms with Crippen LogP contribution < -0.4 is 5.32 Å². The molecule has 3 heteroatoms. The monoisotopic (exact) mass is 223 g/mol. The normalized spacial score (nSPS) is 20.6. The van der Waals surface area contributed by atoms with Crippen LogP contribution >= 0.6 is 0 Å². The van der Waals surface area contributed by atoms with Gasteiger partial charge in [-0.2, -0.15) is 5.26 Å². The van der Waals surface area contributed by atoms with Crippen LogP contribution in [0.3, 0.4) is 0 Å².